The first-order chi connectivity index (χ1) is 11.5. The first kappa shape index (κ1) is 18.7. The molecule has 2 heterocycles. The van der Waals surface area contributed by atoms with Gasteiger partial charge in [0.15, 0.2) is 5.96 Å². The summed E-state index contributed by atoms with van der Waals surface area (Å²) in [5.41, 5.74) is 1.07. The third-order valence-corrected chi connectivity index (χ3v) is 5.17. The zero-order valence-electron chi connectivity index (χ0n) is 14.9. The fourth-order valence-electron chi connectivity index (χ4n) is 2.78. The van der Waals surface area contributed by atoms with E-state index >= 15 is 0 Å². The van der Waals surface area contributed by atoms with Crippen LogP contribution in [0, 0.1) is 13.8 Å². The van der Waals surface area contributed by atoms with Crippen LogP contribution in [0.5, 0.6) is 0 Å². The van der Waals surface area contributed by atoms with Gasteiger partial charge in [0.2, 0.25) is 5.91 Å². The molecule has 134 valence electrons. The van der Waals surface area contributed by atoms with Crippen molar-refractivity contribution in [3.8, 4) is 0 Å². The van der Waals surface area contributed by atoms with Crippen molar-refractivity contribution in [2.75, 3.05) is 33.9 Å². The number of carbonyl (C=O) groups is 1. The van der Waals surface area contributed by atoms with Gasteiger partial charge in [-0.1, -0.05) is 0 Å². The van der Waals surface area contributed by atoms with Crippen molar-refractivity contribution in [1.82, 2.24) is 20.5 Å². The van der Waals surface area contributed by atoms with Gasteiger partial charge in [-0.3, -0.25) is 9.79 Å². The van der Waals surface area contributed by atoms with E-state index in [4.69, 9.17) is 4.74 Å². The second kappa shape index (κ2) is 8.98. The van der Waals surface area contributed by atoms with E-state index in [1.807, 2.05) is 18.7 Å². The molecule has 1 aromatic heterocycles. The smallest absolute Gasteiger partial charge is 0.248 e. The molecule has 1 fully saturated rings. The van der Waals surface area contributed by atoms with Crippen molar-refractivity contribution >= 4 is 23.2 Å². The molecule has 0 atom stereocenters. The Morgan fingerprint density at radius 3 is 2.67 bits per heavy atom. The van der Waals surface area contributed by atoms with Crippen LogP contribution < -0.4 is 10.6 Å². The second-order valence-corrected chi connectivity index (χ2v) is 7.19. The van der Waals surface area contributed by atoms with Crippen LogP contribution in [-0.2, 0) is 16.1 Å². The molecule has 0 radical (unpaired) electrons. The normalized spacial score (nSPS) is 16.3. The highest BCUT2D eigenvalue weighted by molar-refractivity contribution is 7.11. The van der Waals surface area contributed by atoms with Crippen molar-refractivity contribution in [2.24, 2.45) is 4.99 Å². The van der Waals surface area contributed by atoms with Gasteiger partial charge in [0.1, 0.15) is 6.61 Å². The third kappa shape index (κ3) is 5.17. The van der Waals surface area contributed by atoms with Gasteiger partial charge in [-0.05, 0) is 26.7 Å². The molecule has 1 amide bonds. The lowest BCUT2D eigenvalue weighted by molar-refractivity contribution is -0.136. The fourth-order valence-corrected chi connectivity index (χ4v) is 3.65. The Labute approximate surface area is 147 Å². The summed E-state index contributed by atoms with van der Waals surface area (Å²) in [5.74, 6) is 0.858. The Kier molecular flexibility index (Phi) is 6.99. The number of ether oxygens (including phenoxy) is 1. The van der Waals surface area contributed by atoms with E-state index in [-0.39, 0.29) is 12.5 Å². The molecule has 1 saturated heterocycles. The number of carbonyl (C=O) groups excluding carboxylic acids is 1. The summed E-state index contributed by atoms with van der Waals surface area (Å²) in [5, 5.41) is 7.88. The number of methoxy groups -OCH3 is 1. The minimum atomic E-state index is 0.0643. The molecule has 2 N–H and O–H groups in total. The van der Waals surface area contributed by atoms with Gasteiger partial charge in [-0.2, -0.15) is 0 Å². The van der Waals surface area contributed by atoms with Crippen LogP contribution in [0.4, 0.5) is 0 Å². The summed E-state index contributed by atoms with van der Waals surface area (Å²) in [6, 6.07) is 0.326. The Bertz CT molecular complexity index is 579. The second-order valence-electron chi connectivity index (χ2n) is 5.90. The molecule has 0 bridgehead atoms. The fraction of sp³-hybridized carbons (Fsp3) is 0.688. The molecule has 24 heavy (non-hydrogen) atoms. The molecule has 0 aromatic carbocycles. The summed E-state index contributed by atoms with van der Waals surface area (Å²) in [7, 11) is 3.32. The van der Waals surface area contributed by atoms with E-state index < -0.39 is 0 Å². The number of amides is 1. The summed E-state index contributed by atoms with van der Waals surface area (Å²) < 4.78 is 4.91. The lowest BCUT2D eigenvalue weighted by Gasteiger charge is -2.33. The molecule has 0 aliphatic carbocycles. The SMILES string of the molecule is CN=C(NCc1sc(C)nc1C)NC1CCN(C(=O)COC)CC1. The maximum Gasteiger partial charge on any atom is 0.248 e. The molecule has 0 spiro atoms. The topological polar surface area (TPSA) is 78.9 Å². The van der Waals surface area contributed by atoms with Crippen LogP contribution >= 0.6 is 11.3 Å². The van der Waals surface area contributed by atoms with E-state index in [2.05, 4.69) is 20.6 Å². The standard InChI is InChI=1S/C16H27N5O2S/c1-11-14(24-12(2)19-11)9-18-16(17-3)20-13-5-7-21(8-6-13)15(22)10-23-4/h13H,5-10H2,1-4H3,(H2,17,18,20). The van der Waals surface area contributed by atoms with Crippen LogP contribution in [0.15, 0.2) is 4.99 Å². The number of aromatic nitrogens is 1. The van der Waals surface area contributed by atoms with Crippen LogP contribution in [-0.4, -0.2) is 61.6 Å². The van der Waals surface area contributed by atoms with E-state index in [1.165, 1.54) is 4.88 Å². The van der Waals surface area contributed by atoms with Crippen LogP contribution in [0.25, 0.3) is 0 Å². The molecule has 1 aromatic rings. The number of aryl methyl sites for hydroxylation is 2. The minimum absolute atomic E-state index is 0.0643. The maximum absolute atomic E-state index is 11.8. The number of piperidine rings is 1. The quantitative estimate of drug-likeness (QED) is 0.611. The largest absolute Gasteiger partial charge is 0.375 e. The minimum Gasteiger partial charge on any atom is -0.375 e. The van der Waals surface area contributed by atoms with E-state index in [0.29, 0.717) is 6.04 Å². The van der Waals surface area contributed by atoms with Crippen LogP contribution in [0.3, 0.4) is 0 Å². The number of hydrogen-bond acceptors (Lipinski definition) is 5. The lowest BCUT2D eigenvalue weighted by Crippen LogP contribution is -2.50. The summed E-state index contributed by atoms with van der Waals surface area (Å²) in [6.07, 6.45) is 1.82. The molecule has 1 aliphatic heterocycles. The van der Waals surface area contributed by atoms with Gasteiger partial charge in [-0.15, -0.1) is 11.3 Å². The average molecular weight is 353 g/mol. The number of thiazole rings is 1. The van der Waals surface area contributed by atoms with Gasteiger partial charge >= 0.3 is 0 Å². The van der Waals surface area contributed by atoms with E-state index in [9.17, 15) is 4.79 Å². The van der Waals surface area contributed by atoms with Gasteiger partial charge < -0.3 is 20.3 Å². The first-order valence-corrected chi connectivity index (χ1v) is 9.02. The molecule has 0 saturated carbocycles. The number of hydrogen-bond donors (Lipinski definition) is 2. The summed E-state index contributed by atoms with van der Waals surface area (Å²) >= 11 is 1.71. The highest BCUT2D eigenvalue weighted by Gasteiger charge is 2.23. The number of aliphatic imine (C=N–C) groups is 1. The number of nitrogens with zero attached hydrogens (tertiary/aromatic N) is 3. The molecule has 8 heteroatoms. The van der Waals surface area contributed by atoms with Gasteiger partial charge in [0.25, 0.3) is 0 Å². The third-order valence-electron chi connectivity index (χ3n) is 4.10. The van der Waals surface area contributed by atoms with Crippen LogP contribution in [0.1, 0.15) is 28.4 Å². The highest BCUT2D eigenvalue weighted by atomic mass is 32.1. The number of rotatable bonds is 5. The molecule has 1 aliphatic rings. The van der Waals surface area contributed by atoms with E-state index in [1.54, 1.807) is 25.5 Å². The lowest BCUT2D eigenvalue weighted by atomic mass is 10.1. The molecule has 2 rings (SSSR count). The van der Waals surface area contributed by atoms with Crippen molar-refractivity contribution in [3.05, 3.63) is 15.6 Å². The Morgan fingerprint density at radius 1 is 1.42 bits per heavy atom. The molecular formula is C16H27N5O2S. The Balaban J connectivity index is 1.78. The molecule has 7 nitrogen and oxygen atoms in total. The zero-order chi connectivity index (χ0) is 17.5. The Hall–Kier alpha value is -1.67. The summed E-state index contributed by atoms with van der Waals surface area (Å²) in [6.45, 7) is 6.45. The maximum atomic E-state index is 11.8. The molecule has 0 unspecified atom stereocenters. The van der Waals surface area contributed by atoms with Crippen molar-refractivity contribution in [3.63, 3.8) is 0 Å². The van der Waals surface area contributed by atoms with Gasteiger partial charge in [-0.25, -0.2) is 4.98 Å². The van der Waals surface area contributed by atoms with Gasteiger partial charge in [0.05, 0.1) is 17.2 Å². The monoisotopic (exact) mass is 353 g/mol. The number of guanidine groups is 1. The molecular weight excluding hydrogens is 326 g/mol. The van der Waals surface area contributed by atoms with Crippen molar-refractivity contribution in [1.29, 1.82) is 0 Å². The van der Waals surface area contributed by atoms with E-state index in [0.717, 1.165) is 49.1 Å². The first-order valence-electron chi connectivity index (χ1n) is 8.20. The predicted molar refractivity (Wildman–Crippen MR) is 96.4 cm³/mol. The van der Waals surface area contributed by atoms with Crippen molar-refractivity contribution < 1.29 is 9.53 Å². The highest BCUT2D eigenvalue weighted by Crippen LogP contribution is 2.16. The summed E-state index contributed by atoms with van der Waals surface area (Å²) in [4.78, 5) is 23.6. The average Bonchev–Trinajstić information content (AvgIpc) is 2.89. The zero-order valence-corrected chi connectivity index (χ0v) is 15.7. The van der Waals surface area contributed by atoms with Gasteiger partial charge in [0, 0.05) is 38.2 Å². The van der Waals surface area contributed by atoms with Crippen molar-refractivity contribution in [2.45, 2.75) is 39.3 Å². The number of nitrogens with one attached hydrogen (secondary N) is 2. The van der Waals surface area contributed by atoms with Crippen LogP contribution in [0.2, 0.25) is 0 Å². The predicted octanol–water partition coefficient (Wildman–Crippen LogP) is 1.06. The Morgan fingerprint density at radius 2 is 2.12 bits per heavy atom. The number of likely N-dealkylation sites (tertiary alicyclic amines) is 1.